The molecule has 1 heterocycles. The minimum Gasteiger partial charge on any atom is -0.480 e. The van der Waals surface area contributed by atoms with Crippen LogP contribution >= 0.6 is 11.3 Å². The second kappa shape index (κ2) is 8.63. The molecule has 21 heavy (non-hydrogen) atoms. The number of rotatable bonds is 8. The number of thiophene rings is 1. The number of aliphatic carboxylic acids is 1. The molecule has 0 bridgehead atoms. The molecule has 1 rings (SSSR count). The summed E-state index contributed by atoms with van der Waals surface area (Å²) in [6, 6.07) is 2.65. The number of nitrogens with zero attached hydrogens (tertiary/aromatic N) is 1. The van der Waals surface area contributed by atoms with E-state index >= 15 is 0 Å². The van der Waals surface area contributed by atoms with Gasteiger partial charge in [-0.25, -0.2) is 9.59 Å². The van der Waals surface area contributed by atoms with Crippen LogP contribution in [0.5, 0.6) is 0 Å². The van der Waals surface area contributed by atoms with Crippen LogP contribution in [0.3, 0.4) is 0 Å². The highest BCUT2D eigenvalue weighted by molar-refractivity contribution is 7.09. The van der Waals surface area contributed by atoms with Gasteiger partial charge in [-0.2, -0.15) is 0 Å². The van der Waals surface area contributed by atoms with Gasteiger partial charge < -0.3 is 20.1 Å². The minimum atomic E-state index is -1.06. The van der Waals surface area contributed by atoms with Gasteiger partial charge >= 0.3 is 12.0 Å². The zero-order valence-corrected chi connectivity index (χ0v) is 13.4. The Kier molecular flexibility index (Phi) is 7.18. The molecule has 2 unspecified atom stereocenters. The van der Waals surface area contributed by atoms with Gasteiger partial charge in [-0.1, -0.05) is 6.07 Å². The van der Waals surface area contributed by atoms with Gasteiger partial charge in [-0.3, -0.25) is 0 Å². The Morgan fingerprint density at radius 2 is 2.24 bits per heavy atom. The van der Waals surface area contributed by atoms with Crippen LogP contribution in [0.1, 0.15) is 18.2 Å². The van der Waals surface area contributed by atoms with Crippen LogP contribution in [0.2, 0.25) is 0 Å². The van der Waals surface area contributed by atoms with Crippen LogP contribution in [0.4, 0.5) is 4.79 Å². The van der Waals surface area contributed by atoms with Gasteiger partial charge in [0.2, 0.25) is 0 Å². The standard InChI is InChI=1S/C14H22N2O4S/c1-10(9-11-5-4-8-21-11)16(2)14(19)15-12(13(17)18)6-7-20-3/h4-5,8,10,12H,6-7,9H2,1-3H3,(H,15,19)(H,17,18). The summed E-state index contributed by atoms with van der Waals surface area (Å²) in [5.41, 5.74) is 0. The lowest BCUT2D eigenvalue weighted by Crippen LogP contribution is -2.49. The van der Waals surface area contributed by atoms with Crippen LogP contribution in [0.25, 0.3) is 0 Å². The third-order valence-corrected chi connectivity index (χ3v) is 4.16. The van der Waals surface area contributed by atoms with Crippen molar-refractivity contribution in [1.29, 1.82) is 0 Å². The topological polar surface area (TPSA) is 78.9 Å². The smallest absolute Gasteiger partial charge is 0.326 e. The molecule has 0 aliphatic rings. The molecular weight excluding hydrogens is 292 g/mol. The number of amides is 2. The van der Waals surface area contributed by atoms with Gasteiger partial charge in [-0.05, 0) is 18.4 Å². The van der Waals surface area contributed by atoms with Crippen molar-refractivity contribution < 1.29 is 19.4 Å². The quantitative estimate of drug-likeness (QED) is 0.767. The van der Waals surface area contributed by atoms with Crippen molar-refractivity contribution in [3.05, 3.63) is 22.4 Å². The molecule has 2 atom stereocenters. The second-order valence-electron chi connectivity index (χ2n) is 4.87. The van der Waals surface area contributed by atoms with E-state index in [1.165, 1.54) is 16.9 Å². The van der Waals surface area contributed by atoms with E-state index in [1.54, 1.807) is 18.4 Å². The van der Waals surface area contributed by atoms with Gasteiger partial charge in [0.1, 0.15) is 6.04 Å². The summed E-state index contributed by atoms with van der Waals surface area (Å²) in [6.07, 6.45) is 0.988. The number of urea groups is 1. The molecule has 0 saturated carbocycles. The number of carbonyl (C=O) groups is 2. The number of ether oxygens (including phenoxy) is 1. The van der Waals surface area contributed by atoms with Crippen molar-refractivity contribution in [1.82, 2.24) is 10.2 Å². The molecule has 0 aliphatic carbocycles. The second-order valence-corrected chi connectivity index (χ2v) is 5.90. The van der Waals surface area contributed by atoms with Crippen molar-refractivity contribution in [3.8, 4) is 0 Å². The lowest BCUT2D eigenvalue weighted by Gasteiger charge is -2.26. The van der Waals surface area contributed by atoms with Gasteiger partial charge in [-0.15, -0.1) is 11.3 Å². The highest BCUT2D eigenvalue weighted by Gasteiger charge is 2.23. The van der Waals surface area contributed by atoms with Gasteiger partial charge in [0.15, 0.2) is 0 Å². The maximum atomic E-state index is 12.1. The third kappa shape index (κ3) is 5.73. The number of carboxylic acids is 1. The summed E-state index contributed by atoms with van der Waals surface area (Å²) in [6.45, 7) is 2.22. The molecule has 0 saturated heterocycles. The van der Waals surface area contributed by atoms with E-state index in [0.717, 1.165) is 6.42 Å². The number of methoxy groups -OCH3 is 1. The largest absolute Gasteiger partial charge is 0.480 e. The third-order valence-electron chi connectivity index (χ3n) is 3.26. The van der Waals surface area contributed by atoms with Crippen LogP contribution in [-0.4, -0.2) is 54.9 Å². The summed E-state index contributed by atoms with van der Waals surface area (Å²) in [7, 11) is 3.17. The van der Waals surface area contributed by atoms with E-state index in [4.69, 9.17) is 9.84 Å². The summed E-state index contributed by atoms with van der Waals surface area (Å²) in [4.78, 5) is 25.9. The van der Waals surface area contributed by atoms with Crippen molar-refractivity contribution in [3.63, 3.8) is 0 Å². The van der Waals surface area contributed by atoms with E-state index in [-0.39, 0.29) is 25.1 Å². The predicted octanol–water partition coefficient (Wildman–Crippen LogP) is 1.81. The monoisotopic (exact) mass is 314 g/mol. The zero-order chi connectivity index (χ0) is 15.8. The summed E-state index contributed by atoms with van der Waals surface area (Å²) in [5, 5.41) is 13.6. The number of likely N-dealkylation sites (N-methyl/N-ethyl adjacent to an activating group) is 1. The van der Waals surface area contributed by atoms with E-state index < -0.39 is 12.0 Å². The first kappa shape index (κ1) is 17.5. The van der Waals surface area contributed by atoms with Crippen molar-refractivity contribution >= 4 is 23.3 Å². The lowest BCUT2D eigenvalue weighted by molar-refractivity contribution is -0.139. The minimum absolute atomic E-state index is 0.0134. The maximum absolute atomic E-state index is 12.1. The van der Waals surface area contributed by atoms with E-state index in [2.05, 4.69) is 5.32 Å². The molecule has 0 radical (unpaired) electrons. The predicted molar refractivity (Wildman–Crippen MR) is 81.7 cm³/mol. The Balaban J connectivity index is 2.53. The van der Waals surface area contributed by atoms with E-state index in [0.29, 0.717) is 0 Å². The lowest BCUT2D eigenvalue weighted by atomic mass is 10.2. The molecular formula is C14H22N2O4S. The van der Waals surface area contributed by atoms with Gasteiger partial charge in [0.05, 0.1) is 0 Å². The van der Waals surface area contributed by atoms with Gasteiger partial charge in [0.25, 0.3) is 0 Å². The molecule has 0 fully saturated rings. The highest BCUT2D eigenvalue weighted by atomic mass is 32.1. The molecule has 0 aliphatic heterocycles. The molecule has 118 valence electrons. The fourth-order valence-electron chi connectivity index (χ4n) is 1.80. The Morgan fingerprint density at radius 3 is 2.76 bits per heavy atom. The van der Waals surface area contributed by atoms with Gasteiger partial charge in [0, 0.05) is 44.5 Å². The fraction of sp³-hybridized carbons (Fsp3) is 0.571. The highest BCUT2D eigenvalue weighted by Crippen LogP contribution is 2.13. The van der Waals surface area contributed by atoms with Crippen molar-refractivity contribution in [2.24, 2.45) is 0 Å². The first-order chi connectivity index (χ1) is 9.95. The van der Waals surface area contributed by atoms with E-state index in [9.17, 15) is 9.59 Å². The Hall–Kier alpha value is -1.60. The molecule has 0 spiro atoms. The fourth-order valence-corrected chi connectivity index (χ4v) is 2.63. The Labute approximate surface area is 128 Å². The number of nitrogens with one attached hydrogen (secondary N) is 1. The maximum Gasteiger partial charge on any atom is 0.326 e. The normalized spacial score (nSPS) is 13.5. The molecule has 2 amide bonds. The molecule has 2 N–H and O–H groups in total. The Bertz CT molecular complexity index is 450. The Morgan fingerprint density at radius 1 is 1.52 bits per heavy atom. The summed E-state index contributed by atoms with van der Waals surface area (Å²) in [5.74, 6) is -1.06. The summed E-state index contributed by atoms with van der Waals surface area (Å²) >= 11 is 1.64. The van der Waals surface area contributed by atoms with E-state index in [1.807, 2.05) is 24.4 Å². The van der Waals surface area contributed by atoms with Crippen LogP contribution in [0, 0.1) is 0 Å². The zero-order valence-electron chi connectivity index (χ0n) is 12.5. The molecule has 0 aromatic carbocycles. The average Bonchev–Trinajstić information content (AvgIpc) is 2.94. The SMILES string of the molecule is COCCC(NC(=O)N(C)C(C)Cc1cccs1)C(=O)O. The molecule has 6 nitrogen and oxygen atoms in total. The first-order valence-electron chi connectivity index (χ1n) is 6.73. The number of carboxylic acid groups (broad SMARTS) is 1. The summed E-state index contributed by atoms with van der Waals surface area (Å²) < 4.78 is 4.86. The van der Waals surface area contributed by atoms with Crippen LogP contribution in [-0.2, 0) is 16.0 Å². The molecule has 1 aromatic heterocycles. The number of hydrogen-bond acceptors (Lipinski definition) is 4. The van der Waals surface area contributed by atoms with Crippen molar-refractivity contribution in [2.75, 3.05) is 20.8 Å². The van der Waals surface area contributed by atoms with Crippen LogP contribution in [0.15, 0.2) is 17.5 Å². The van der Waals surface area contributed by atoms with Crippen LogP contribution < -0.4 is 5.32 Å². The number of hydrogen-bond donors (Lipinski definition) is 2. The molecule has 7 heteroatoms. The van der Waals surface area contributed by atoms with Crippen molar-refractivity contribution in [2.45, 2.75) is 31.8 Å². The number of carbonyl (C=O) groups excluding carboxylic acids is 1. The first-order valence-corrected chi connectivity index (χ1v) is 7.61. The molecule has 1 aromatic rings. The average molecular weight is 314 g/mol.